The number of ether oxygens (including phenoxy) is 1. The number of amides is 2. The fourth-order valence-corrected chi connectivity index (χ4v) is 0.970. The lowest BCUT2D eigenvalue weighted by molar-refractivity contribution is -0.153. The van der Waals surface area contributed by atoms with Crippen molar-refractivity contribution in [2.75, 3.05) is 20.3 Å². The zero-order valence-electron chi connectivity index (χ0n) is 9.75. The largest absolute Gasteiger partial charge is 0.468 e. The predicted molar refractivity (Wildman–Crippen MR) is 56.9 cm³/mol. The van der Waals surface area contributed by atoms with Gasteiger partial charge in [-0.05, 0) is 0 Å². The molecule has 0 radical (unpaired) electrons. The van der Waals surface area contributed by atoms with Crippen molar-refractivity contribution < 1.29 is 28.8 Å². The minimum Gasteiger partial charge on any atom is -0.468 e. The molecule has 0 aliphatic heterocycles. The van der Waals surface area contributed by atoms with E-state index < -0.39 is 36.4 Å². The standard InChI is InChI=1S/C8H16N4O6/c1-16-8(15)4(2-17-10)6(13)12-7(14)5(9)3-18-11/h4-5H,2-3,9-11H2,1H3,(H,12,13,14)/t4-,5+/m0/s1. The lowest BCUT2D eigenvalue weighted by Crippen LogP contribution is -2.50. The topological polar surface area (TPSA) is 169 Å². The molecule has 7 N–H and O–H groups in total. The van der Waals surface area contributed by atoms with Crippen LogP contribution < -0.4 is 22.8 Å². The Balaban J connectivity index is 4.50. The van der Waals surface area contributed by atoms with Crippen LogP contribution in [0.25, 0.3) is 0 Å². The number of esters is 1. The van der Waals surface area contributed by atoms with Gasteiger partial charge in [0, 0.05) is 0 Å². The van der Waals surface area contributed by atoms with Gasteiger partial charge in [0.05, 0.1) is 20.3 Å². The molecule has 0 aromatic carbocycles. The van der Waals surface area contributed by atoms with Crippen LogP contribution in [0.15, 0.2) is 0 Å². The Morgan fingerprint density at radius 1 is 1.11 bits per heavy atom. The minimum absolute atomic E-state index is 0.282. The van der Waals surface area contributed by atoms with Crippen LogP contribution in [0.5, 0.6) is 0 Å². The van der Waals surface area contributed by atoms with E-state index in [4.69, 9.17) is 17.5 Å². The van der Waals surface area contributed by atoms with E-state index in [1.807, 2.05) is 5.32 Å². The summed E-state index contributed by atoms with van der Waals surface area (Å²) >= 11 is 0. The van der Waals surface area contributed by atoms with Gasteiger partial charge in [0.15, 0.2) is 5.92 Å². The Labute approximate surface area is 103 Å². The number of nitrogens with one attached hydrogen (secondary N) is 1. The molecular formula is C8H16N4O6. The third-order valence-corrected chi connectivity index (χ3v) is 1.92. The number of hydrogen-bond acceptors (Lipinski definition) is 9. The molecule has 0 saturated carbocycles. The molecular weight excluding hydrogens is 248 g/mol. The van der Waals surface area contributed by atoms with Gasteiger partial charge in [0.2, 0.25) is 11.8 Å². The van der Waals surface area contributed by atoms with Gasteiger partial charge < -0.3 is 20.1 Å². The van der Waals surface area contributed by atoms with E-state index in [0.717, 1.165) is 7.11 Å². The van der Waals surface area contributed by atoms with Gasteiger partial charge in [0.25, 0.3) is 0 Å². The van der Waals surface area contributed by atoms with Gasteiger partial charge in [-0.25, -0.2) is 11.8 Å². The van der Waals surface area contributed by atoms with Gasteiger partial charge >= 0.3 is 5.97 Å². The first-order valence-electron chi connectivity index (χ1n) is 4.79. The molecule has 0 aliphatic rings. The van der Waals surface area contributed by atoms with Crippen molar-refractivity contribution in [3.05, 3.63) is 0 Å². The third kappa shape index (κ3) is 5.16. The second kappa shape index (κ2) is 8.49. The van der Waals surface area contributed by atoms with Crippen molar-refractivity contribution in [2.24, 2.45) is 23.4 Å². The maximum atomic E-state index is 11.6. The van der Waals surface area contributed by atoms with Crippen LogP contribution in [0.3, 0.4) is 0 Å². The molecule has 0 aromatic rings. The molecule has 0 saturated heterocycles. The van der Waals surface area contributed by atoms with Crippen molar-refractivity contribution in [1.82, 2.24) is 5.32 Å². The monoisotopic (exact) mass is 264 g/mol. The smallest absolute Gasteiger partial charge is 0.320 e. The quantitative estimate of drug-likeness (QED) is 0.207. The fourth-order valence-electron chi connectivity index (χ4n) is 0.970. The Kier molecular flexibility index (Phi) is 7.74. The van der Waals surface area contributed by atoms with Crippen LogP contribution in [0, 0.1) is 5.92 Å². The third-order valence-electron chi connectivity index (χ3n) is 1.92. The minimum atomic E-state index is -1.37. The van der Waals surface area contributed by atoms with E-state index in [-0.39, 0.29) is 6.61 Å². The summed E-state index contributed by atoms with van der Waals surface area (Å²) in [5.74, 6) is 5.43. The Hall–Kier alpha value is -1.59. The van der Waals surface area contributed by atoms with E-state index in [9.17, 15) is 14.4 Å². The lowest BCUT2D eigenvalue weighted by atomic mass is 10.1. The molecule has 2 atom stereocenters. The Morgan fingerprint density at radius 3 is 2.11 bits per heavy atom. The number of carbonyl (C=O) groups excluding carboxylic acids is 3. The molecule has 18 heavy (non-hydrogen) atoms. The summed E-state index contributed by atoms with van der Waals surface area (Å²) < 4.78 is 4.35. The number of nitrogens with two attached hydrogens (primary N) is 3. The number of carbonyl (C=O) groups is 3. The molecule has 10 heteroatoms. The van der Waals surface area contributed by atoms with Crippen molar-refractivity contribution in [3.63, 3.8) is 0 Å². The number of hydrogen-bond donors (Lipinski definition) is 4. The van der Waals surface area contributed by atoms with Crippen molar-refractivity contribution in [1.29, 1.82) is 0 Å². The van der Waals surface area contributed by atoms with Crippen LogP contribution in [0.1, 0.15) is 0 Å². The van der Waals surface area contributed by atoms with Gasteiger partial charge in [-0.15, -0.1) is 0 Å². The molecule has 0 fully saturated rings. The average Bonchev–Trinajstić information content (AvgIpc) is 2.34. The van der Waals surface area contributed by atoms with Crippen LogP contribution >= 0.6 is 0 Å². The first kappa shape index (κ1) is 16.4. The first-order chi connectivity index (χ1) is 8.47. The fraction of sp³-hybridized carbons (Fsp3) is 0.625. The lowest BCUT2D eigenvalue weighted by Gasteiger charge is -2.14. The summed E-state index contributed by atoms with van der Waals surface area (Å²) in [5.41, 5.74) is 5.32. The normalized spacial score (nSPS) is 13.6. The van der Waals surface area contributed by atoms with E-state index in [1.165, 1.54) is 0 Å². The Bertz CT molecular complexity index is 310. The molecule has 0 heterocycles. The summed E-state index contributed by atoms with van der Waals surface area (Å²) in [6, 6.07) is -1.14. The van der Waals surface area contributed by atoms with Crippen LogP contribution in [-0.4, -0.2) is 44.1 Å². The highest BCUT2D eigenvalue weighted by Gasteiger charge is 2.30. The average molecular weight is 264 g/mol. The molecule has 2 amide bonds. The molecule has 0 aliphatic carbocycles. The van der Waals surface area contributed by atoms with Gasteiger partial charge in [-0.1, -0.05) is 0 Å². The summed E-state index contributed by atoms with van der Waals surface area (Å²) in [7, 11) is 1.08. The van der Waals surface area contributed by atoms with E-state index in [0.29, 0.717) is 0 Å². The number of methoxy groups -OCH3 is 1. The van der Waals surface area contributed by atoms with E-state index in [2.05, 4.69) is 14.4 Å². The molecule has 10 nitrogen and oxygen atoms in total. The zero-order chi connectivity index (χ0) is 14.1. The van der Waals surface area contributed by atoms with Crippen molar-refractivity contribution in [3.8, 4) is 0 Å². The first-order valence-corrected chi connectivity index (χ1v) is 4.79. The van der Waals surface area contributed by atoms with E-state index in [1.54, 1.807) is 0 Å². The van der Waals surface area contributed by atoms with Crippen LogP contribution in [0.2, 0.25) is 0 Å². The molecule has 0 bridgehead atoms. The SMILES string of the molecule is COC(=O)[C@@H](CON)C(=O)NC(=O)[C@H](N)CON. The van der Waals surface area contributed by atoms with Crippen LogP contribution in [0.4, 0.5) is 0 Å². The molecule has 0 unspecified atom stereocenters. The number of rotatable bonds is 7. The molecule has 0 rings (SSSR count). The highest BCUT2D eigenvalue weighted by atomic mass is 16.6. The Morgan fingerprint density at radius 2 is 1.67 bits per heavy atom. The molecule has 0 spiro atoms. The van der Waals surface area contributed by atoms with Gasteiger partial charge in [-0.3, -0.25) is 19.7 Å². The van der Waals surface area contributed by atoms with Gasteiger partial charge in [0.1, 0.15) is 6.04 Å². The maximum absolute atomic E-state index is 11.6. The van der Waals surface area contributed by atoms with Crippen molar-refractivity contribution in [2.45, 2.75) is 6.04 Å². The highest BCUT2D eigenvalue weighted by Crippen LogP contribution is 2.00. The van der Waals surface area contributed by atoms with Crippen molar-refractivity contribution >= 4 is 17.8 Å². The summed E-state index contributed by atoms with van der Waals surface area (Å²) in [4.78, 5) is 42.5. The predicted octanol–water partition coefficient (Wildman–Crippen LogP) is -3.47. The zero-order valence-corrected chi connectivity index (χ0v) is 9.75. The van der Waals surface area contributed by atoms with Gasteiger partial charge in [-0.2, -0.15) is 0 Å². The highest BCUT2D eigenvalue weighted by molar-refractivity contribution is 6.06. The summed E-state index contributed by atoms with van der Waals surface area (Å²) in [6.45, 7) is -0.718. The maximum Gasteiger partial charge on any atom is 0.320 e. The van der Waals surface area contributed by atoms with Crippen LogP contribution in [-0.2, 0) is 28.8 Å². The second-order valence-electron chi connectivity index (χ2n) is 3.20. The molecule has 0 aromatic heterocycles. The summed E-state index contributed by atoms with van der Waals surface area (Å²) in [5, 5.41) is 1.89. The summed E-state index contributed by atoms with van der Waals surface area (Å²) in [6.07, 6.45) is 0. The van der Waals surface area contributed by atoms with E-state index >= 15 is 0 Å². The second-order valence-corrected chi connectivity index (χ2v) is 3.20. The number of imide groups is 1. The molecule has 104 valence electrons.